The molecule has 0 saturated carbocycles. The van der Waals surface area contributed by atoms with Crippen LogP contribution in [0.3, 0.4) is 0 Å². The van der Waals surface area contributed by atoms with Crippen molar-refractivity contribution < 1.29 is 8.42 Å². The van der Waals surface area contributed by atoms with Crippen molar-refractivity contribution in [3.8, 4) is 0 Å². The third-order valence-electron chi connectivity index (χ3n) is 3.01. The Bertz CT molecular complexity index is 855. The van der Waals surface area contributed by atoms with Gasteiger partial charge in [-0.15, -0.1) is 11.8 Å². The van der Waals surface area contributed by atoms with Crippen LogP contribution in [-0.4, -0.2) is 24.6 Å². The fourth-order valence-corrected chi connectivity index (χ4v) is 4.63. The van der Waals surface area contributed by atoms with E-state index in [9.17, 15) is 8.42 Å². The molecule has 0 aliphatic carbocycles. The van der Waals surface area contributed by atoms with Crippen LogP contribution in [0.25, 0.3) is 10.9 Å². The van der Waals surface area contributed by atoms with E-state index in [-0.39, 0.29) is 5.03 Å². The van der Waals surface area contributed by atoms with Gasteiger partial charge in [0.25, 0.3) is 0 Å². The summed E-state index contributed by atoms with van der Waals surface area (Å²) in [4.78, 5) is 7.43. The topological polar surface area (TPSA) is 62.8 Å². The van der Waals surface area contributed by atoms with Crippen molar-refractivity contribution in [1.29, 1.82) is 0 Å². The summed E-state index contributed by atoms with van der Waals surface area (Å²) in [5.74, 6) is 0. The third-order valence-corrected chi connectivity index (χ3v) is 5.61. The van der Waals surface area contributed by atoms with Gasteiger partial charge in [0.1, 0.15) is 4.90 Å². The molecule has 0 atom stereocenters. The van der Waals surface area contributed by atoms with Crippen molar-refractivity contribution in [2.24, 2.45) is 0 Å². The highest BCUT2D eigenvalue weighted by atomic mass is 32.2. The Labute approximate surface area is 121 Å². The molecule has 0 saturated heterocycles. The fraction of sp³-hybridized carbons (Fsp3) is 0.0714. The van der Waals surface area contributed by atoms with Gasteiger partial charge >= 0.3 is 0 Å². The number of hydrogen-bond acceptors (Lipinski definition) is 4. The van der Waals surface area contributed by atoms with E-state index in [1.807, 2.05) is 24.5 Å². The summed E-state index contributed by atoms with van der Waals surface area (Å²) >= 11 is 1.38. The molecule has 1 aromatic carbocycles. The molecule has 0 bridgehead atoms. The maximum absolute atomic E-state index is 12.8. The number of hydrogen-bond donors (Lipinski definition) is 1. The maximum atomic E-state index is 12.8. The average Bonchev–Trinajstić information content (AvgIpc) is 2.87. The van der Waals surface area contributed by atoms with Gasteiger partial charge in [0.15, 0.2) is 5.03 Å². The highest BCUT2D eigenvalue weighted by Gasteiger charge is 2.26. The number of rotatable bonds is 3. The number of benzene rings is 1. The standard InChI is InChI=1S/C14H12N2O2S2/c1-19-14-13(10-6-2-3-7-11(10)16-14)20(17,18)12-8-4-5-9-15-12/h2-9,16H,1H3. The lowest BCUT2D eigenvalue weighted by molar-refractivity contribution is 0.591. The Kier molecular flexibility index (Phi) is 3.27. The van der Waals surface area contributed by atoms with Crippen molar-refractivity contribution in [3.05, 3.63) is 48.7 Å². The number of fused-ring (bicyclic) bond motifs is 1. The van der Waals surface area contributed by atoms with E-state index < -0.39 is 9.84 Å². The maximum Gasteiger partial charge on any atom is 0.227 e. The number of aromatic nitrogens is 2. The third kappa shape index (κ3) is 2.01. The molecule has 4 nitrogen and oxygen atoms in total. The van der Waals surface area contributed by atoms with Gasteiger partial charge in [0.05, 0.1) is 5.03 Å². The van der Waals surface area contributed by atoms with Crippen LogP contribution in [0.1, 0.15) is 0 Å². The van der Waals surface area contributed by atoms with Gasteiger partial charge in [0.2, 0.25) is 9.84 Å². The number of aromatic amines is 1. The van der Waals surface area contributed by atoms with E-state index in [0.717, 1.165) is 5.52 Å². The van der Waals surface area contributed by atoms with Crippen LogP contribution in [0.15, 0.2) is 63.6 Å². The zero-order valence-electron chi connectivity index (χ0n) is 10.7. The van der Waals surface area contributed by atoms with Crippen LogP contribution in [-0.2, 0) is 9.84 Å². The van der Waals surface area contributed by atoms with Crippen LogP contribution in [0.4, 0.5) is 0 Å². The number of para-hydroxylation sites is 1. The van der Waals surface area contributed by atoms with Gasteiger partial charge in [-0.25, -0.2) is 13.4 Å². The van der Waals surface area contributed by atoms with Crippen molar-refractivity contribution in [2.45, 2.75) is 14.9 Å². The summed E-state index contributed by atoms with van der Waals surface area (Å²) in [6.07, 6.45) is 3.34. The van der Waals surface area contributed by atoms with Gasteiger partial charge in [0, 0.05) is 17.1 Å². The van der Waals surface area contributed by atoms with Crippen molar-refractivity contribution >= 4 is 32.5 Å². The van der Waals surface area contributed by atoms with Crippen LogP contribution in [0.5, 0.6) is 0 Å². The monoisotopic (exact) mass is 304 g/mol. The summed E-state index contributed by atoms with van der Waals surface area (Å²) in [6, 6.07) is 12.3. The summed E-state index contributed by atoms with van der Waals surface area (Å²) in [7, 11) is -3.63. The van der Waals surface area contributed by atoms with E-state index in [0.29, 0.717) is 15.3 Å². The first-order valence-corrected chi connectivity index (χ1v) is 8.66. The predicted molar refractivity (Wildman–Crippen MR) is 79.8 cm³/mol. The van der Waals surface area contributed by atoms with E-state index in [1.165, 1.54) is 24.0 Å². The Morgan fingerprint density at radius 3 is 2.55 bits per heavy atom. The highest BCUT2D eigenvalue weighted by molar-refractivity contribution is 7.99. The van der Waals surface area contributed by atoms with Gasteiger partial charge in [-0.05, 0) is 24.5 Å². The minimum absolute atomic E-state index is 0.0695. The molecule has 20 heavy (non-hydrogen) atoms. The van der Waals surface area contributed by atoms with Gasteiger partial charge < -0.3 is 4.98 Å². The van der Waals surface area contributed by atoms with Gasteiger partial charge in [-0.2, -0.15) is 0 Å². The van der Waals surface area contributed by atoms with Gasteiger partial charge in [-0.3, -0.25) is 0 Å². The summed E-state index contributed by atoms with van der Waals surface area (Å²) in [5.41, 5.74) is 0.811. The van der Waals surface area contributed by atoms with Crippen molar-refractivity contribution in [3.63, 3.8) is 0 Å². The molecule has 0 unspecified atom stereocenters. The number of sulfone groups is 1. The Morgan fingerprint density at radius 2 is 1.85 bits per heavy atom. The highest BCUT2D eigenvalue weighted by Crippen LogP contribution is 2.35. The van der Waals surface area contributed by atoms with Crippen molar-refractivity contribution in [1.82, 2.24) is 9.97 Å². The number of thioether (sulfide) groups is 1. The Morgan fingerprint density at radius 1 is 1.10 bits per heavy atom. The molecule has 2 heterocycles. The molecular weight excluding hydrogens is 292 g/mol. The predicted octanol–water partition coefficient (Wildman–Crippen LogP) is 3.12. The van der Waals surface area contributed by atoms with Crippen LogP contribution >= 0.6 is 11.8 Å². The van der Waals surface area contributed by atoms with Crippen LogP contribution in [0.2, 0.25) is 0 Å². The van der Waals surface area contributed by atoms with E-state index in [2.05, 4.69) is 9.97 Å². The minimum atomic E-state index is -3.63. The van der Waals surface area contributed by atoms with E-state index in [1.54, 1.807) is 18.2 Å². The lowest BCUT2D eigenvalue weighted by Crippen LogP contribution is -2.04. The molecule has 0 spiro atoms. The number of nitrogens with one attached hydrogen (secondary N) is 1. The number of pyridine rings is 1. The SMILES string of the molecule is CSc1[nH]c2ccccc2c1S(=O)(=O)c1ccccn1. The molecule has 3 rings (SSSR count). The van der Waals surface area contributed by atoms with E-state index >= 15 is 0 Å². The molecule has 102 valence electrons. The molecule has 0 amide bonds. The summed E-state index contributed by atoms with van der Waals surface area (Å²) in [6.45, 7) is 0. The minimum Gasteiger partial charge on any atom is -0.349 e. The van der Waals surface area contributed by atoms with E-state index in [4.69, 9.17) is 0 Å². The zero-order valence-corrected chi connectivity index (χ0v) is 12.3. The normalized spacial score (nSPS) is 11.8. The van der Waals surface area contributed by atoms with Crippen LogP contribution in [0, 0.1) is 0 Å². The molecule has 1 N–H and O–H groups in total. The van der Waals surface area contributed by atoms with Crippen LogP contribution < -0.4 is 0 Å². The Hall–Kier alpha value is -1.79. The first kappa shape index (κ1) is 13.2. The Balaban J connectivity index is 2.34. The molecule has 0 aliphatic rings. The molecular formula is C14H12N2O2S2. The first-order chi connectivity index (χ1) is 9.64. The molecule has 0 aliphatic heterocycles. The second-order valence-corrected chi connectivity index (χ2v) is 6.85. The largest absolute Gasteiger partial charge is 0.349 e. The lowest BCUT2D eigenvalue weighted by atomic mass is 10.2. The lowest BCUT2D eigenvalue weighted by Gasteiger charge is -2.04. The summed E-state index contributed by atoms with van der Waals surface area (Å²) in [5, 5.41) is 1.40. The second-order valence-electron chi connectivity index (χ2n) is 4.20. The molecule has 3 aromatic rings. The summed E-state index contributed by atoms with van der Waals surface area (Å²) < 4.78 is 25.6. The average molecular weight is 304 g/mol. The fourth-order valence-electron chi connectivity index (χ4n) is 2.11. The number of nitrogens with zero attached hydrogens (tertiary/aromatic N) is 1. The smallest absolute Gasteiger partial charge is 0.227 e. The first-order valence-electron chi connectivity index (χ1n) is 5.95. The second kappa shape index (κ2) is 4.96. The number of H-pyrrole nitrogens is 1. The molecule has 0 radical (unpaired) electrons. The molecule has 0 fully saturated rings. The molecule has 6 heteroatoms. The molecule has 2 aromatic heterocycles. The van der Waals surface area contributed by atoms with Crippen molar-refractivity contribution in [2.75, 3.05) is 6.26 Å². The van der Waals surface area contributed by atoms with Gasteiger partial charge in [-0.1, -0.05) is 24.3 Å². The zero-order chi connectivity index (χ0) is 14.2. The quantitative estimate of drug-likeness (QED) is 0.755.